The Kier molecular flexibility index (Phi) is 7.84. The van der Waals surface area contributed by atoms with Gasteiger partial charge in [-0.25, -0.2) is 9.97 Å². The first-order chi connectivity index (χ1) is 19.0. The van der Waals surface area contributed by atoms with Gasteiger partial charge in [-0.05, 0) is 30.7 Å². The van der Waals surface area contributed by atoms with Crippen LogP contribution in [-0.2, 0) is 11.3 Å². The maximum atomic E-state index is 12.6. The molecule has 14 nitrogen and oxygen atoms in total. The van der Waals surface area contributed by atoms with E-state index in [2.05, 4.69) is 51.2 Å². The smallest absolute Gasteiger partial charge is 0.273 e. The Hall–Kier alpha value is -4.69. The van der Waals surface area contributed by atoms with Crippen molar-refractivity contribution in [3.05, 3.63) is 53.8 Å². The number of nitrogens with zero attached hydrogens (tertiary/aromatic N) is 7. The number of nitrogens with one attached hydrogen (secondary N) is 3. The molecule has 0 aromatic carbocycles. The first kappa shape index (κ1) is 25.9. The van der Waals surface area contributed by atoms with Crippen molar-refractivity contribution in [2.75, 3.05) is 51.1 Å². The van der Waals surface area contributed by atoms with Gasteiger partial charge < -0.3 is 29.9 Å². The molecule has 4 aromatic heterocycles. The van der Waals surface area contributed by atoms with E-state index in [1.54, 1.807) is 24.5 Å². The van der Waals surface area contributed by atoms with Gasteiger partial charge in [0, 0.05) is 38.6 Å². The molecule has 4 aromatic rings. The summed E-state index contributed by atoms with van der Waals surface area (Å²) in [7, 11) is 3.03. The average Bonchev–Trinajstić information content (AvgIpc) is 3.41. The molecule has 0 radical (unpaired) electrons. The van der Waals surface area contributed by atoms with Crippen LogP contribution in [0, 0.1) is 6.92 Å². The summed E-state index contributed by atoms with van der Waals surface area (Å²) >= 11 is 0. The highest BCUT2D eigenvalue weighted by Gasteiger charge is 2.22. The van der Waals surface area contributed by atoms with E-state index in [4.69, 9.17) is 14.0 Å². The molecule has 0 bridgehead atoms. The fourth-order valence-electron chi connectivity index (χ4n) is 4.00. The van der Waals surface area contributed by atoms with Crippen LogP contribution in [0.1, 0.15) is 21.9 Å². The van der Waals surface area contributed by atoms with Crippen molar-refractivity contribution in [1.29, 1.82) is 0 Å². The second-order valence-corrected chi connectivity index (χ2v) is 8.68. The number of hydrogen-bond donors (Lipinski definition) is 3. The topological polar surface area (TPSA) is 165 Å². The molecule has 0 aliphatic carbocycles. The summed E-state index contributed by atoms with van der Waals surface area (Å²) in [4.78, 5) is 28.0. The van der Waals surface area contributed by atoms with Gasteiger partial charge in [-0.2, -0.15) is 4.98 Å². The summed E-state index contributed by atoms with van der Waals surface area (Å²) < 4.78 is 16.6. The second-order valence-electron chi connectivity index (χ2n) is 8.68. The minimum absolute atomic E-state index is 0.0712. The van der Waals surface area contributed by atoms with Crippen molar-refractivity contribution in [1.82, 2.24) is 40.5 Å². The molecular formula is C25H28N10O4. The number of anilines is 4. The lowest BCUT2D eigenvalue weighted by atomic mass is 10.2. The Balaban J connectivity index is 1.44. The maximum Gasteiger partial charge on any atom is 0.273 e. The number of pyridine rings is 2. The van der Waals surface area contributed by atoms with Gasteiger partial charge in [0.15, 0.2) is 23.1 Å². The Bertz CT molecular complexity index is 1450. The molecule has 3 N–H and O–H groups in total. The average molecular weight is 533 g/mol. The molecule has 1 aliphatic rings. The monoisotopic (exact) mass is 532 g/mol. The molecule has 1 amide bonds. The number of rotatable bonds is 9. The number of hydrogen-bond acceptors (Lipinski definition) is 13. The van der Waals surface area contributed by atoms with Gasteiger partial charge in [-0.1, -0.05) is 5.16 Å². The molecular weight excluding hydrogens is 504 g/mol. The van der Waals surface area contributed by atoms with Crippen LogP contribution in [0.25, 0.3) is 11.4 Å². The predicted molar refractivity (Wildman–Crippen MR) is 141 cm³/mol. The van der Waals surface area contributed by atoms with E-state index < -0.39 is 5.91 Å². The van der Waals surface area contributed by atoms with Crippen molar-refractivity contribution < 1.29 is 18.8 Å². The number of aryl methyl sites for hydroxylation is 1. The summed E-state index contributed by atoms with van der Waals surface area (Å²) in [5.74, 6) is 2.08. The van der Waals surface area contributed by atoms with Gasteiger partial charge in [0.25, 0.3) is 5.91 Å². The van der Waals surface area contributed by atoms with E-state index in [0.29, 0.717) is 65.9 Å². The SMILES string of the molecule is CNC(=O)c1nnc(Nc2cc(C)ccn2)cc1Nc1nccc(-c2noc(CN3CCOCC3)n2)c1OC. The third-order valence-corrected chi connectivity index (χ3v) is 5.94. The van der Waals surface area contributed by atoms with Crippen LogP contribution < -0.4 is 20.7 Å². The number of ether oxygens (including phenoxy) is 2. The van der Waals surface area contributed by atoms with E-state index in [1.807, 2.05) is 19.1 Å². The van der Waals surface area contributed by atoms with Gasteiger partial charge in [0.2, 0.25) is 11.7 Å². The van der Waals surface area contributed by atoms with Crippen LogP contribution in [0.15, 0.2) is 41.2 Å². The largest absolute Gasteiger partial charge is 0.492 e. The van der Waals surface area contributed by atoms with E-state index in [9.17, 15) is 4.79 Å². The molecule has 14 heteroatoms. The first-order valence-corrected chi connectivity index (χ1v) is 12.3. The van der Waals surface area contributed by atoms with Crippen LogP contribution in [0.2, 0.25) is 0 Å². The Morgan fingerprint density at radius 1 is 1.08 bits per heavy atom. The number of morpholine rings is 1. The quantitative estimate of drug-likeness (QED) is 0.288. The molecule has 5 heterocycles. The number of methoxy groups -OCH3 is 1. The third kappa shape index (κ3) is 6.08. The lowest BCUT2D eigenvalue weighted by Crippen LogP contribution is -2.35. The lowest BCUT2D eigenvalue weighted by Gasteiger charge is -2.24. The first-order valence-electron chi connectivity index (χ1n) is 12.3. The van der Waals surface area contributed by atoms with Crippen LogP contribution in [0.4, 0.5) is 23.1 Å². The predicted octanol–water partition coefficient (Wildman–Crippen LogP) is 2.31. The van der Waals surface area contributed by atoms with Crippen LogP contribution >= 0.6 is 0 Å². The minimum atomic E-state index is -0.425. The number of amides is 1. The minimum Gasteiger partial charge on any atom is -0.492 e. The van der Waals surface area contributed by atoms with Gasteiger partial charge in [-0.15, -0.1) is 10.2 Å². The maximum absolute atomic E-state index is 12.6. The highest BCUT2D eigenvalue weighted by Crippen LogP contribution is 2.36. The van der Waals surface area contributed by atoms with Crippen molar-refractivity contribution >= 4 is 29.0 Å². The highest BCUT2D eigenvalue weighted by atomic mass is 16.5. The molecule has 5 rings (SSSR count). The molecule has 0 spiro atoms. The third-order valence-electron chi connectivity index (χ3n) is 5.94. The highest BCUT2D eigenvalue weighted by molar-refractivity contribution is 5.98. The summed E-state index contributed by atoms with van der Waals surface area (Å²) in [5.41, 5.74) is 2.02. The van der Waals surface area contributed by atoms with Crippen molar-refractivity contribution in [3.63, 3.8) is 0 Å². The fourth-order valence-corrected chi connectivity index (χ4v) is 4.00. The van der Waals surface area contributed by atoms with Crippen molar-refractivity contribution in [3.8, 4) is 17.1 Å². The molecule has 1 fully saturated rings. The molecule has 202 valence electrons. The standard InChI is InChI=1S/C25H28N10O4/c1-15-4-6-27-18(12-15)30-19-13-17(21(33-32-19)25(36)26-2)29-24-22(37-3)16(5-7-28-24)23-31-20(39-34-23)14-35-8-10-38-11-9-35/h4-7,12-13H,8-11,14H2,1-3H3,(H,26,36)(H2,27,28,29,30,32). The van der Waals surface area contributed by atoms with Gasteiger partial charge in [0.1, 0.15) is 5.82 Å². The number of aromatic nitrogens is 6. The van der Waals surface area contributed by atoms with Crippen LogP contribution in [0.5, 0.6) is 5.75 Å². The van der Waals surface area contributed by atoms with Crippen LogP contribution in [-0.4, -0.2) is 81.6 Å². The molecule has 0 saturated carbocycles. The summed E-state index contributed by atoms with van der Waals surface area (Å²) in [6.07, 6.45) is 3.27. The van der Waals surface area contributed by atoms with E-state index >= 15 is 0 Å². The Morgan fingerprint density at radius 3 is 2.67 bits per heavy atom. The normalized spacial score (nSPS) is 13.6. The Morgan fingerprint density at radius 2 is 1.90 bits per heavy atom. The summed E-state index contributed by atoms with van der Waals surface area (Å²) in [5, 5.41) is 21.3. The zero-order valence-electron chi connectivity index (χ0n) is 21.8. The molecule has 1 saturated heterocycles. The van der Waals surface area contributed by atoms with Gasteiger partial charge in [-0.3, -0.25) is 9.69 Å². The summed E-state index contributed by atoms with van der Waals surface area (Å²) in [6.45, 7) is 5.44. The lowest BCUT2D eigenvalue weighted by molar-refractivity contribution is 0.0297. The Labute approximate surface area is 224 Å². The van der Waals surface area contributed by atoms with E-state index in [-0.39, 0.29) is 5.69 Å². The van der Waals surface area contributed by atoms with E-state index in [0.717, 1.165) is 18.7 Å². The van der Waals surface area contributed by atoms with Crippen molar-refractivity contribution in [2.24, 2.45) is 0 Å². The molecule has 1 aliphatic heterocycles. The zero-order valence-corrected chi connectivity index (χ0v) is 21.8. The molecule has 0 unspecified atom stereocenters. The molecule has 0 atom stereocenters. The van der Waals surface area contributed by atoms with Crippen LogP contribution in [0.3, 0.4) is 0 Å². The fraction of sp³-hybridized carbons (Fsp3) is 0.320. The van der Waals surface area contributed by atoms with Gasteiger partial charge >= 0.3 is 0 Å². The number of carbonyl (C=O) groups excluding carboxylic acids is 1. The summed E-state index contributed by atoms with van der Waals surface area (Å²) in [6, 6.07) is 7.13. The molecule has 39 heavy (non-hydrogen) atoms. The second kappa shape index (κ2) is 11.8. The number of carbonyl (C=O) groups is 1. The zero-order chi connectivity index (χ0) is 27.2. The van der Waals surface area contributed by atoms with Gasteiger partial charge in [0.05, 0.1) is 38.1 Å². The van der Waals surface area contributed by atoms with E-state index in [1.165, 1.54) is 14.2 Å². The van der Waals surface area contributed by atoms with Crippen molar-refractivity contribution in [2.45, 2.75) is 13.5 Å².